The van der Waals surface area contributed by atoms with Crippen LogP contribution in [0.2, 0.25) is 0 Å². The Morgan fingerprint density at radius 3 is 2.67 bits per heavy atom. The van der Waals surface area contributed by atoms with Gasteiger partial charge in [-0.05, 0) is 45.0 Å². The van der Waals surface area contributed by atoms with E-state index in [1.54, 1.807) is 22.8 Å². The number of aromatic nitrogens is 4. The van der Waals surface area contributed by atoms with E-state index in [2.05, 4.69) is 20.3 Å². The minimum Gasteiger partial charge on any atom is -0.380 e. The molecule has 1 amide bonds. The molecule has 1 aromatic carbocycles. The lowest BCUT2D eigenvalue weighted by molar-refractivity contribution is 0.0950. The molecule has 2 aromatic heterocycles. The maximum Gasteiger partial charge on any atom is 0.326 e. The normalized spacial score (nSPS) is 11.1. The molecule has 0 spiro atoms. The Morgan fingerprint density at radius 1 is 1.22 bits per heavy atom. The predicted molar refractivity (Wildman–Crippen MR) is 102 cm³/mol. The number of H-pyrrole nitrogens is 1. The third-order valence-electron chi connectivity index (χ3n) is 4.14. The van der Waals surface area contributed by atoms with Gasteiger partial charge in [-0.2, -0.15) is 0 Å². The van der Waals surface area contributed by atoms with Crippen LogP contribution in [0.25, 0.3) is 11.0 Å². The quantitative estimate of drug-likeness (QED) is 0.617. The standard InChI is InChI=1S/C19H23N5O3/c1-4-27-8-7-24-16-6-5-14(10-15(16)23-19(24)26)18(25)20-11-17-21-12(2)9-13(3)22-17/h5-6,9-10H,4,7-8,11H2,1-3H3,(H,20,25)(H,23,26). The van der Waals surface area contributed by atoms with Gasteiger partial charge in [-0.25, -0.2) is 14.8 Å². The summed E-state index contributed by atoms with van der Waals surface area (Å²) in [5.41, 5.74) is 3.33. The second kappa shape index (κ2) is 8.13. The molecule has 2 N–H and O–H groups in total. The zero-order valence-electron chi connectivity index (χ0n) is 15.7. The Kier molecular flexibility index (Phi) is 5.66. The largest absolute Gasteiger partial charge is 0.380 e. The van der Waals surface area contributed by atoms with E-state index >= 15 is 0 Å². The SMILES string of the molecule is CCOCCn1c(=O)[nH]c2cc(C(=O)NCc3nc(C)cc(C)n3)ccc21. The molecular formula is C19H23N5O3. The smallest absolute Gasteiger partial charge is 0.326 e. The molecule has 0 aliphatic heterocycles. The molecule has 0 unspecified atom stereocenters. The van der Waals surface area contributed by atoms with Crippen molar-refractivity contribution in [3.05, 3.63) is 57.5 Å². The Labute approximate surface area is 156 Å². The molecule has 0 aliphatic carbocycles. The van der Waals surface area contributed by atoms with Crippen LogP contribution >= 0.6 is 0 Å². The zero-order valence-corrected chi connectivity index (χ0v) is 15.7. The average Bonchev–Trinajstić information content (AvgIpc) is 2.94. The van der Waals surface area contributed by atoms with Crippen LogP contribution in [0.1, 0.15) is 34.5 Å². The number of aromatic amines is 1. The van der Waals surface area contributed by atoms with Crippen molar-refractivity contribution in [2.24, 2.45) is 0 Å². The number of fused-ring (bicyclic) bond motifs is 1. The Morgan fingerprint density at radius 2 is 1.96 bits per heavy atom. The van der Waals surface area contributed by atoms with Crippen LogP contribution in [0, 0.1) is 13.8 Å². The van der Waals surface area contributed by atoms with Gasteiger partial charge >= 0.3 is 5.69 Å². The first-order chi connectivity index (χ1) is 13.0. The summed E-state index contributed by atoms with van der Waals surface area (Å²) >= 11 is 0. The zero-order chi connectivity index (χ0) is 19.4. The number of aryl methyl sites for hydroxylation is 2. The summed E-state index contributed by atoms with van der Waals surface area (Å²) in [6.07, 6.45) is 0. The summed E-state index contributed by atoms with van der Waals surface area (Å²) in [7, 11) is 0. The fraction of sp³-hybridized carbons (Fsp3) is 0.368. The lowest BCUT2D eigenvalue weighted by Crippen LogP contribution is -2.24. The van der Waals surface area contributed by atoms with Gasteiger partial charge in [0.2, 0.25) is 0 Å². The van der Waals surface area contributed by atoms with Crippen LogP contribution in [0.4, 0.5) is 0 Å². The van der Waals surface area contributed by atoms with E-state index < -0.39 is 0 Å². The second-order valence-electron chi connectivity index (χ2n) is 6.26. The van der Waals surface area contributed by atoms with Gasteiger partial charge in [-0.1, -0.05) is 0 Å². The minimum absolute atomic E-state index is 0.217. The molecule has 0 fully saturated rings. The van der Waals surface area contributed by atoms with Crippen LogP contribution in [0.3, 0.4) is 0 Å². The lowest BCUT2D eigenvalue weighted by atomic mass is 10.2. The molecule has 0 saturated carbocycles. The maximum absolute atomic E-state index is 12.4. The Bertz CT molecular complexity index is 1000. The molecule has 0 atom stereocenters. The van der Waals surface area contributed by atoms with E-state index in [1.165, 1.54) is 0 Å². The van der Waals surface area contributed by atoms with Crippen molar-refractivity contribution >= 4 is 16.9 Å². The summed E-state index contributed by atoms with van der Waals surface area (Å²) in [6, 6.07) is 7.02. The highest BCUT2D eigenvalue weighted by molar-refractivity contribution is 5.97. The lowest BCUT2D eigenvalue weighted by Gasteiger charge is -2.07. The molecule has 27 heavy (non-hydrogen) atoms. The van der Waals surface area contributed by atoms with Crippen molar-refractivity contribution < 1.29 is 9.53 Å². The molecule has 0 radical (unpaired) electrons. The number of hydrogen-bond donors (Lipinski definition) is 2. The van der Waals surface area contributed by atoms with Crippen LogP contribution in [0.15, 0.2) is 29.1 Å². The van der Waals surface area contributed by atoms with Crippen molar-refractivity contribution in [3.8, 4) is 0 Å². The fourth-order valence-corrected chi connectivity index (χ4v) is 2.97. The van der Waals surface area contributed by atoms with Gasteiger partial charge in [0, 0.05) is 23.6 Å². The molecule has 3 aromatic rings. The van der Waals surface area contributed by atoms with Gasteiger partial charge in [-0.15, -0.1) is 0 Å². The highest BCUT2D eigenvalue weighted by Crippen LogP contribution is 2.13. The number of benzene rings is 1. The molecule has 0 saturated heterocycles. The van der Waals surface area contributed by atoms with E-state index in [9.17, 15) is 9.59 Å². The van der Waals surface area contributed by atoms with Crippen LogP contribution in [-0.4, -0.2) is 38.6 Å². The van der Waals surface area contributed by atoms with Crippen molar-refractivity contribution in [1.82, 2.24) is 24.8 Å². The first-order valence-corrected chi connectivity index (χ1v) is 8.87. The van der Waals surface area contributed by atoms with Crippen LogP contribution < -0.4 is 11.0 Å². The Hall–Kier alpha value is -3.00. The number of nitrogens with one attached hydrogen (secondary N) is 2. The minimum atomic E-state index is -0.248. The van der Waals surface area contributed by atoms with E-state index in [0.717, 1.165) is 16.9 Å². The summed E-state index contributed by atoms with van der Waals surface area (Å²) < 4.78 is 6.92. The Balaban J connectivity index is 1.74. The number of rotatable bonds is 7. The maximum atomic E-state index is 12.4. The third-order valence-corrected chi connectivity index (χ3v) is 4.14. The molecule has 0 bridgehead atoms. The second-order valence-corrected chi connectivity index (χ2v) is 6.26. The van der Waals surface area contributed by atoms with Crippen molar-refractivity contribution in [3.63, 3.8) is 0 Å². The molecule has 8 nitrogen and oxygen atoms in total. The van der Waals surface area contributed by atoms with Gasteiger partial charge in [0.15, 0.2) is 0 Å². The predicted octanol–water partition coefficient (Wildman–Crippen LogP) is 1.70. The number of carbonyl (C=O) groups is 1. The number of ether oxygens (including phenoxy) is 1. The summed E-state index contributed by atoms with van der Waals surface area (Å²) in [6.45, 7) is 7.45. The van der Waals surface area contributed by atoms with Crippen LogP contribution in [0.5, 0.6) is 0 Å². The molecule has 0 aliphatic rings. The highest BCUT2D eigenvalue weighted by atomic mass is 16.5. The highest BCUT2D eigenvalue weighted by Gasteiger charge is 2.11. The van der Waals surface area contributed by atoms with Gasteiger partial charge in [0.25, 0.3) is 5.91 Å². The number of carbonyl (C=O) groups excluding carboxylic acids is 1. The average molecular weight is 369 g/mol. The third kappa shape index (κ3) is 4.40. The van der Waals surface area contributed by atoms with E-state index in [4.69, 9.17) is 4.74 Å². The topological polar surface area (TPSA) is 102 Å². The molecule has 142 valence electrons. The number of hydrogen-bond acceptors (Lipinski definition) is 5. The monoisotopic (exact) mass is 369 g/mol. The van der Waals surface area contributed by atoms with Crippen molar-refractivity contribution in [2.75, 3.05) is 13.2 Å². The van der Waals surface area contributed by atoms with Gasteiger partial charge in [-0.3, -0.25) is 9.36 Å². The number of imidazole rings is 1. The summed E-state index contributed by atoms with van der Waals surface area (Å²) in [4.78, 5) is 36.0. The molecule has 8 heteroatoms. The van der Waals surface area contributed by atoms with Gasteiger partial charge in [0.05, 0.1) is 30.7 Å². The molecule has 3 rings (SSSR count). The van der Waals surface area contributed by atoms with E-state index in [1.807, 2.05) is 26.8 Å². The van der Waals surface area contributed by atoms with Gasteiger partial charge < -0.3 is 15.0 Å². The summed E-state index contributed by atoms with van der Waals surface area (Å²) in [5, 5.41) is 2.81. The summed E-state index contributed by atoms with van der Waals surface area (Å²) in [5.74, 6) is 0.319. The molecular weight excluding hydrogens is 346 g/mol. The first kappa shape index (κ1) is 18.8. The number of nitrogens with zero attached hydrogens (tertiary/aromatic N) is 3. The number of amides is 1. The fourth-order valence-electron chi connectivity index (χ4n) is 2.97. The van der Waals surface area contributed by atoms with Crippen molar-refractivity contribution in [2.45, 2.75) is 33.9 Å². The molecule has 2 heterocycles. The van der Waals surface area contributed by atoms with Crippen molar-refractivity contribution in [1.29, 1.82) is 0 Å². The van der Waals surface area contributed by atoms with Gasteiger partial charge in [0.1, 0.15) is 5.82 Å². The van der Waals surface area contributed by atoms with E-state index in [0.29, 0.717) is 36.7 Å². The van der Waals surface area contributed by atoms with Crippen LogP contribution in [-0.2, 0) is 17.8 Å². The first-order valence-electron chi connectivity index (χ1n) is 8.87. The van der Waals surface area contributed by atoms with E-state index in [-0.39, 0.29) is 18.1 Å².